The van der Waals surface area contributed by atoms with Gasteiger partial charge in [-0.25, -0.2) is 13.6 Å². The van der Waals surface area contributed by atoms with E-state index in [-0.39, 0.29) is 43.3 Å². The fourth-order valence-corrected chi connectivity index (χ4v) is 6.18. The van der Waals surface area contributed by atoms with Crippen LogP contribution in [0.25, 0.3) is 11.1 Å². The number of carbonyl (C=O) groups is 6. The van der Waals surface area contributed by atoms with Crippen molar-refractivity contribution in [2.45, 2.75) is 77.7 Å². The summed E-state index contributed by atoms with van der Waals surface area (Å²) < 4.78 is 62.9. The summed E-state index contributed by atoms with van der Waals surface area (Å²) in [6.07, 6.45) is 0.679. The highest BCUT2D eigenvalue weighted by Crippen LogP contribution is 2.41. The number of unbranched alkanes of at least 4 members (excludes halogenated alkanes) is 2. The molecule has 2 heterocycles. The zero-order valence-corrected chi connectivity index (χ0v) is 32.6. The van der Waals surface area contributed by atoms with Gasteiger partial charge in [0.15, 0.2) is 0 Å². The quantitative estimate of drug-likeness (QED) is 0.0601. The molecule has 4 rings (SSSR count). The highest BCUT2D eigenvalue weighted by atomic mass is 19.4. The Bertz CT molecular complexity index is 1980. The van der Waals surface area contributed by atoms with Crippen LogP contribution in [-0.4, -0.2) is 92.0 Å². The number of hydrogen-bond donors (Lipinski definition) is 5. The van der Waals surface area contributed by atoms with E-state index in [0.717, 1.165) is 28.7 Å². The van der Waals surface area contributed by atoms with Crippen LogP contribution in [0.3, 0.4) is 0 Å². The first kappa shape index (κ1) is 47.4. The van der Waals surface area contributed by atoms with E-state index in [1.54, 1.807) is 12.3 Å². The van der Waals surface area contributed by atoms with Gasteiger partial charge >= 0.3 is 12.1 Å². The summed E-state index contributed by atoms with van der Waals surface area (Å²) >= 11 is 0. The van der Waals surface area contributed by atoms with Gasteiger partial charge in [-0.15, -0.1) is 0 Å². The van der Waals surface area contributed by atoms with Crippen molar-refractivity contribution in [3.63, 3.8) is 0 Å². The molecule has 6 N–H and O–H groups in total. The number of carboxylic acids is 1. The third-order valence-corrected chi connectivity index (χ3v) is 9.00. The molecule has 0 radical (unpaired) electrons. The molecule has 0 spiro atoms. The first-order chi connectivity index (χ1) is 27.6. The van der Waals surface area contributed by atoms with Crippen molar-refractivity contribution < 1.29 is 60.9 Å². The highest BCUT2D eigenvalue weighted by Gasteiger charge is 2.39. The molecule has 5 amide bonds. The first-order valence-electron chi connectivity index (χ1n) is 18.4. The number of imide groups is 1. The van der Waals surface area contributed by atoms with E-state index >= 15 is 0 Å². The minimum atomic E-state index is -5.08. The molecule has 14 nitrogen and oxygen atoms in total. The molecular weight excluding hydrogens is 787 g/mol. The molecule has 2 atom stereocenters. The summed E-state index contributed by atoms with van der Waals surface area (Å²) in [7, 11) is 0. The van der Waals surface area contributed by atoms with Crippen LogP contribution in [0.15, 0.2) is 72.9 Å². The normalized spacial score (nSPS) is 13.7. The zero-order chi connectivity index (χ0) is 44.1. The number of nitrogens with zero attached hydrogens (tertiary/aromatic N) is 3. The third-order valence-electron chi connectivity index (χ3n) is 9.00. The number of aliphatic hydroxyl groups is 1. The average molecular weight is 835 g/mol. The Balaban J connectivity index is 0.00000122. The van der Waals surface area contributed by atoms with Crippen LogP contribution in [0.5, 0.6) is 0 Å². The predicted octanol–water partition coefficient (Wildman–Crippen LogP) is 4.37. The fraction of sp³-hybridized carbons (Fsp3) is 0.400. The van der Waals surface area contributed by atoms with E-state index in [4.69, 9.17) is 15.6 Å². The molecule has 1 aliphatic heterocycles. The number of aliphatic carboxylic acids is 1. The number of halogens is 5. The molecule has 1 aliphatic rings. The van der Waals surface area contributed by atoms with E-state index < -0.39 is 65.6 Å². The number of alkyl halides is 3. The maximum atomic E-state index is 15.0. The molecule has 1 unspecified atom stereocenters. The maximum Gasteiger partial charge on any atom is 0.490 e. The summed E-state index contributed by atoms with van der Waals surface area (Å²) in [5.74, 6) is -6.46. The SMILES string of the molecule is CC(C)(C)C(c1cc(-c2cc(F)ccc2F)cn1Cc1ccccc1)N(CC[C@H](N)C(=O)NNC(=O)CCCCCN1C(=O)C=CC1=O)C(=O)CO.O=C(O)C(F)(F)F. The number of rotatable bonds is 16. The van der Waals surface area contributed by atoms with Gasteiger partial charge in [-0.05, 0) is 54.5 Å². The van der Waals surface area contributed by atoms with Gasteiger partial charge < -0.3 is 25.4 Å². The molecule has 3 aromatic rings. The van der Waals surface area contributed by atoms with E-state index in [1.165, 1.54) is 17.1 Å². The highest BCUT2D eigenvalue weighted by molar-refractivity contribution is 6.12. The average Bonchev–Trinajstić information content (AvgIpc) is 3.72. The summed E-state index contributed by atoms with van der Waals surface area (Å²) in [6, 6.07) is 12.5. The molecular formula is C40H47F5N6O8. The van der Waals surface area contributed by atoms with E-state index in [9.17, 15) is 51.0 Å². The summed E-state index contributed by atoms with van der Waals surface area (Å²) in [5, 5.41) is 17.2. The minimum Gasteiger partial charge on any atom is -0.475 e. The van der Waals surface area contributed by atoms with Crippen LogP contribution in [0.2, 0.25) is 0 Å². The molecule has 0 saturated heterocycles. The first-order valence-corrected chi connectivity index (χ1v) is 18.4. The smallest absolute Gasteiger partial charge is 0.475 e. The van der Waals surface area contributed by atoms with Crippen LogP contribution in [0.4, 0.5) is 22.0 Å². The number of aliphatic hydroxyl groups excluding tert-OH is 1. The number of nitrogens with two attached hydrogens (primary N) is 1. The largest absolute Gasteiger partial charge is 0.490 e. The fourth-order valence-electron chi connectivity index (χ4n) is 6.18. The Morgan fingerprint density at radius 3 is 2.10 bits per heavy atom. The van der Waals surface area contributed by atoms with Gasteiger partial charge in [-0.3, -0.25) is 39.7 Å². The van der Waals surface area contributed by atoms with Crippen molar-refractivity contribution in [1.29, 1.82) is 0 Å². The Morgan fingerprint density at radius 1 is 0.898 bits per heavy atom. The lowest BCUT2D eigenvalue weighted by Gasteiger charge is -2.41. The number of nitrogens with one attached hydrogen (secondary N) is 2. The zero-order valence-electron chi connectivity index (χ0n) is 32.6. The van der Waals surface area contributed by atoms with E-state index in [1.807, 2.05) is 55.7 Å². The van der Waals surface area contributed by atoms with E-state index in [0.29, 0.717) is 37.1 Å². The second-order valence-corrected chi connectivity index (χ2v) is 14.6. The number of aromatic nitrogens is 1. The summed E-state index contributed by atoms with van der Waals surface area (Å²) in [4.78, 5) is 73.3. The van der Waals surface area contributed by atoms with Crippen LogP contribution in [-0.2, 0) is 35.3 Å². The molecule has 0 saturated carbocycles. The molecule has 320 valence electrons. The van der Waals surface area contributed by atoms with Crippen LogP contribution >= 0.6 is 0 Å². The molecule has 0 fully saturated rings. The number of benzene rings is 2. The third kappa shape index (κ3) is 14.1. The Kier molecular flexibility index (Phi) is 17.0. The van der Waals surface area contributed by atoms with Crippen molar-refractivity contribution in [3.05, 3.63) is 95.8 Å². The lowest BCUT2D eigenvalue weighted by atomic mass is 9.82. The standard InChI is InChI=1S/C38H46F2N6O6.C2HF3O2/c1-38(2,3)36(31-20-26(28-21-27(39)13-14-29(28)40)23-44(31)22-25-10-6-4-7-11-25)46(35(51)24-47)19-17-30(41)37(52)43-42-32(48)12-8-5-9-18-45-33(49)15-16-34(45)50;3-2(4,5)1(6)7/h4,6-7,10-11,13-16,20-21,23,30,36,47H,5,8-9,12,17-19,22,24,41H2,1-3H3,(H,42,48)(H,43,52);(H,6,7)/t30-,36?;/m0./s1. The van der Waals surface area contributed by atoms with Crippen molar-refractivity contribution in [1.82, 2.24) is 25.2 Å². The van der Waals surface area contributed by atoms with Gasteiger partial charge in [-0.2, -0.15) is 13.2 Å². The van der Waals surface area contributed by atoms with Gasteiger partial charge in [0.1, 0.15) is 18.2 Å². The van der Waals surface area contributed by atoms with Crippen LogP contribution in [0, 0.1) is 17.0 Å². The van der Waals surface area contributed by atoms with Crippen LogP contribution < -0.4 is 16.6 Å². The Hall–Kier alpha value is -5.95. The lowest BCUT2D eigenvalue weighted by molar-refractivity contribution is -0.192. The van der Waals surface area contributed by atoms with Crippen molar-refractivity contribution in [3.8, 4) is 11.1 Å². The number of hydrogen-bond acceptors (Lipinski definition) is 8. The van der Waals surface area contributed by atoms with Gasteiger partial charge in [0.2, 0.25) is 11.8 Å². The topological polar surface area (TPSA) is 204 Å². The number of amides is 5. The van der Waals surface area contributed by atoms with Gasteiger partial charge in [0.25, 0.3) is 17.7 Å². The second-order valence-electron chi connectivity index (χ2n) is 14.6. The molecule has 0 aliphatic carbocycles. The van der Waals surface area contributed by atoms with Crippen molar-refractivity contribution in [2.24, 2.45) is 11.1 Å². The van der Waals surface area contributed by atoms with Gasteiger partial charge in [0, 0.05) is 61.2 Å². The molecule has 19 heteroatoms. The lowest BCUT2D eigenvalue weighted by Crippen LogP contribution is -2.51. The van der Waals surface area contributed by atoms with Gasteiger partial charge in [-0.1, -0.05) is 57.5 Å². The number of hydrazine groups is 1. The van der Waals surface area contributed by atoms with Gasteiger partial charge in [0.05, 0.1) is 12.1 Å². The monoisotopic (exact) mass is 834 g/mol. The maximum absolute atomic E-state index is 15.0. The molecule has 2 aromatic carbocycles. The minimum absolute atomic E-state index is 0.0341. The van der Waals surface area contributed by atoms with Crippen molar-refractivity contribution in [2.75, 3.05) is 19.7 Å². The Labute approximate surface area is 336 Å². The van der Waals surface area contributed by atoms with Crippen LogP contribution in [0.1, 0.15) is 70.2 Å². The summed E-state index contributed by atoms with van der Waals surface area (Å²) in [6.45, 7) is 5.44. The summed E-state index contributed by atoms with van der Waals surface area (Å²) in [5.41, 5.74) is 12.1. The molecule has 1 aromatic heterocycles. The number of carboxylic acid groups (broad SMARTS) is 1. The predicted molar refractivity (Wildman–Crippen MR) is 203 cm³/mol. The Morgan fingerprint density at radius 2 is 1.53 bits per heavy atom. The molecule has 59 heavy (non-hydrogen) atoms. The second kappa shape index (κ2) is 21.2. The van der Waals surface area contributed by atoms with Crippen molar-refractivity contribution >= 4 is 35.5 Å². The number of carbonyl (C=O) groups excluding carboxylic acids is 5. The molecule has 0 bridgehead atoms. The van der Waals surface area contributed by atoms with E-state index in [2.05, 4.69) is 10.9 Å².